The number of aryl methyl sites for hydroxylation is 1. The minimum atomic E-state index is -4.60. The first-order chi connectivity index (χ1) is 17.3. The van der Waals surface area contributed by atoms with Crippen LogP contribution in [0.5, 0.6) is 0 Å². The van der Waals surface area contributed by atoms with E-state index < -0.39 is 25.5 Å². The van der Waals surface area contributed by atoms with Crippen LogP contribution in [0.2, 0.25) is 0 Å². The molecule has 0 atom stereocenters. The molecule has 1 N–H and O–H groups in total. The summed E-state index contributed by atoms with van der Waals surface area (Å²) in [6, 6.07) is 19.5. The first-order valence-corrected chi connectivity index (χ1v) is 14.3. The first-order valence-electron chi connectivity index (χ1n) is 11.5. The molecular formula is C27H27N3O5S2. The van der Waals surface area contributed by atoms with Gasteiger partial charge in [-0.05, 0) is 55.0 Å². The molecule has 1 amide bonds. The second-order valence-corrected chi connectivity index (χ2v) is 13.3. The highest BCUT2D eigenvalue weighted by Gasteiger charge is 2.39. The highest BCUT2D eigenvalue weighted by Crippen LogP contribution is 2.40. The first kappa shape index (κ1) is 26.3. The van der Waals surface area contributed by atoms with Gasteiger partial charge in [0.25, 0.3) is 20.0 Å². The number of anilines is 2. The van der Waals surface area contributed by atoms with Gasteiger partial charge in [-0.15, -0.1) is 0 Å². The summed E-state index contributed by atoms with van der Waals surface area (Å²) < 4.78 is 56.5. The molecule has 4 rings (SSSR count). The van der Waals surface area contributed by atoms with Gasteiger partial charge in [-0.3, -0.25) is 9.78 Å². The summed E-state index contributed by atoms with van der Waals surface area (Å²) in [5.74, 6) is -0.266. The van der Waals surface area contributed by atoms with Gasteiger partial charge in [0, 0.05) is 17.0 Å². The lowest BCUT2D eigenvalue weighted by atomic mass is 9.95. The Hall–Kier alpha value is -3.76. The maximum atomic E-state index is 14.0. The standard InChI is InChI=1S/C27H27N3O5S2/c1-19-18-23(29-26(31)27(2,3)4)24-22(16-11-17-28-24)25(19)30(36(32,33)20-12-7-5-8-13-20)37(34,35)21-14-9-6-10-15-21/h5-18H,1-4H3,(H,29,31). The quantitative estimate of drug-likeness (QED) is 0.366. The zero-order valence-electron chi connectivity index (χ0n) is 20.8. The van der Waals surface area contributed by atoms with E-state index in [0.29, 0.717) is 15.0 Å². The number of pyridine rings is 1. The minimum Gasteiger partial charge on any atom is -0.324 e. The SMILES string of the molecule is Cc1cc(NC(=O)C(C)(C)C)c2ncccc2c1N(S(=O)(=O)c1ccccc1)S(=O)(=O)c1ccccc1. The fraction of sp³-hybridized carbons (Fsp3) is 0.185. The maximum Gasteiger partial charge on any atom is 0.277 e. The van der Waals surface area contributed by atoms with Crippen molar-refractivity contribution >= 4 is 48.2 Å². The molecule has 0 fully saturated rings. The van der Waals surface area contributed by atoms with Gasteiger partial charge in [-0.2, -0.15) is 3.71 Å². The Morgan fingerprint density at radius 1 is 0.811 bits per heavy atom. The average Bonchev–Trinajstić information content (AvgIpc) is 2.86. The highest BCUT2D eigenvalue weighted by molar-refractivity contribution is 8.10. The maximum absolute atomic E-state index is 14.0. The molecule has 1 aromatic heterocycles. The Labute approximate surface area is 217 Å². The molecule has 0 radical (unpaired) electrons. The normalized spacial score (nSPS) is 12.3. The number of hydrogen-bond donors (Lipinski definition) is 1. The molecule has 10 heteroatoms. The molecule has 0 saturated heterocycles. The van der Waals surface area contributed by atoms with Crippen LogP contribution in [0.4, 0.5) is 11.4 Å². The van der Waals surface area contributed by atoms with Crippen LogP contribution >= 0.6 is 0 Å². The van der Waals surface area contributed by atoms with Crippen LogP contribution in [0.3, 0.4) is 0 Å². The van der Waals surface area contributed by atoms with E-state index in [4.69, 9.17) is 0 Å². The van der Waals surface area contributed by atoms with Crippen molar-refractivity contribution in [3.63, 3.8) is 0 Å². The third-order valence-corrected chi connectivity index (χ3v) is 9.83. The molecule has 0 saturated carbocycles. The van der Waals surface area contributed by atoms with Crippen LogP contribution < -0.4 is 9.03 Å². The van der Waals surface area contributed by atoms with E-state index in [1.165, 1.54) is 54.7 Å². The number of hydrogen-bond acceptors (Lipinski definition) is 6. The second kappa shape index (κ2) is 9.60. The van der Waals surface area contributed by atoms with Crippen molar-refractivity contribution in [2.75, 3.05) is 9.03 Å². The van der Waals surface area contributed by atoms with Gasteiger partial charge in [0.2, 0.25) is 5.91 Å². The van der Waals surface area contributed by atoms with E-state index in [1.807, 2.05) is 0 Å². The van der Waals surface area contributed by atoms with E-state index in [2.05, 4.69) is 10.3 Å². The number of rotatable bonds is 6. The summed E-state index contributed by atoms with van der Waals surface area (Å²) in [5, 5.41) is 3.11. The summed E-state index contributed by atoms with van der Waals surface area (Å²) >= 11 is 0. The summed E-state index contributed by atoms with van der Waals surface area (Å²) in [6.07, 6.45) is 1.50. The fourth-order valence-electron chi connectivity index (χ4n) is 3.77. The van der Waals surface area contributed by atoms with Gasteiger partial charge in [-0.25, -0.2) is 16.8 Å². The van der Waals surface area contributed by atoms with Crippen molar-refractivity contribution in [3.05, 3.63) is 90.6 Å². The Kier molecular flexibility index (Phi) is 6.83. The molecule has 0 aliphatic rings. The number of nitrogens with one attached hydrogen (secondary N) is 1. The van der Waals surface area contributed by atoms with Crippen LogP contribution in [0.25, 0.3) is 10.9 Å². The third-order valence-electron chi connectivity index (χ3n) is 5.68. The molecule has 192 valence electrons. The summed E-state index contributed by atoms with van der Waals surface area (Å²) in [4.78, 5) is 16.8. The van der Waals surface area contributed by atoms with Crippen LogP contribution in [0.15, 0.2) is 94.9 Å². The molecule has 0 aliphatic carbocycles. The molecule has 3 aromatic carbocycles. The van der Waals surface area contributed by atoms with Gasteiger partial charge < -0.3 is 5.32 Å². The van der Waals surface area contributed by atoms with E-state index in [1.54, 1.807) is 58.0 Å². The van der Waals surface area contributed by atoms with E-state index >= 15 is 0 Å². The number of sulfonamides is 2. The molecule has 37 heavy (non-hydrogen) atoms. The molecule has 0 unspecified atom stereocenters. The van der Waals surface area contributed by atoms with E-state index in [-0.39, 0.29) is 32.3 Å². The largest absolute Gasteiger partial charge is 0.324 e. The number of carbonyl (C=O) groups is 1. The van der Waals surface area contributed by atoms with Crippen molar-refractivity contribution in [1.82, 2.24) is 4.98 Å². The Bertz CT molecular complexity index is 1610. The summed E-state index contributed by atoms with van der Waals surface area (Å²) in [6.45, 7) is 6.89. The van der Waals surface area contributed by atoms with Gasteiger partial charge in [0.05, 0.1) is 26.7 Å². The monoisotopic (exact) mass is 537 g/mol. The lowest BCUT2D eigenvalue weighted by molar-refractivity contribution is -0.123. The number of nitrogens with zero attached hydrogens (tertiary/aromatic N) is 2. The van der Waals surface area contributed by atoms with E-state index in [0.717, 1.165) is 0 Å². The van der Waals surface area contributed by atoms with Crippen molar-refractivity contribution in [3.8, 4) is 0 Å². The number of fused-ring (bicyclic) bond motifs is 1. The topological polar surface area (TPSA) is 114 Å². The Morgan fingerprint density at radius 3 is 1.81 bits per heavy atom. The van der Waals surface area contributed by atoms with Crippen LogP contribution in [0, 0.1) is 12.3 Å². The molecule has 4 aromatic rings. The van der Waals surface area contributed by atoms with Crippen molar-refractivity contribution in [1.29, 1.82) is 0 Å². The number of aromatic nitrogens is 1. The van der Waals surface area contributed by atoms with Gasteiger partial charge >= 0.3 is 0 Å². The average molecular weight is 538 g/mol. The molecular weight excluding hydrogens is 510 g/mol. The second-order valence-electron chi connectivity index (χ2n) is 9.53. The molecule has 0 bridgehead atoms. The number of benzene rings is 3. The smallest absolute Gasteiger partial charge is 0.277 e. The lowest BCUT2D eigenvalue weighted by Crippen LogP contribution is -2.37. The van der Waals surface area contributed by atoms with Gasteiger partial charge in [0.1, 0.15) is 0 Å². The zero-order chi connectivity index (χ0) is 27.0. The molecule has 0 aliphatic heterocycles. The molecule has 0 spiro atoms. The number of carbonyl (C=O) groups excluding carboxylic acids is 1. The lowest BCUT2D eigenvalue weighted by Gasteiger charge is -2.27. The zero-order valence-corrected chi connectivity index (χ0v) is 22.5. The van der Waals surface area contributed by atoms with Crippen molar-refractivity contribution < 1.29 is 21.6 Å². The minimum absolute atomic E-state index is 0.0652. The fourth-order valence-corrected chi connectivity index (χ4v) is 7.67. The summed E-state index contributed by atoms with van der Waals surface area (Å²) in [7, 11) is -9.21. The van der Waals surface area contributed by atoms with Gasteiger partial charge in [0.15, 0.2) is 0 Å². The Balaban J connectivity index is 2.06. The Morgan fingerprint density at radius 2 is 1.32 bits per heavy atom. The van der Waals surface area contributed by atoms with Gasteiger partial charge in [-0.1, -0.05) is 57.2 Å². The molecule has 1 heterocycles. The highest BCUT2D eigenvalue weighted by atomic mass is 32.3. The number of amides is 1. The predicted octanol–water partition coefficient (Wildman–Crippen LogP) is 5.11. The third kappa shape index (κ3) is 4.94. The predicted molar refractivity (Wildman–Crippen MR) is 144 cm³/mol. The van der Waals surface area contributed by atoms with Crippen molar-refractivity contribution in [2.45, 2.75) is 37.5 Å². The van der Waals surface area contributed by atoms with Crippen LogP contribution in [-0.4, -0.2) is 27.7 Å². The van der Waals surface area contributed by atoms with Crippen LogP contribution in [0.1, 0.15) is 26.3 Å². The van der Waals surface area contributed by atoms with Crippen molar-refractivity contribution in [2.24, 2.45) is 5.41 Å². The van der Waals surface area contributed by atoms with E-state index in [9.17, 15) is 21.6 Å². The molecule has 8 nitrogen and oxygen atoms in total. The van der Waals surface area contributed by atoms with Crippen LogP contribution in [-0.2, 0) is 24.8 Å². The summed E-state index contributed by atoms with van der Waals surface area (Å²) in [5.41, 5.74) is 0.170.